The molecule has 4 nitrogen and oxygen atoms in total. The van der Waals surface area contributed by atoms with Crippen LogP contribution in [0.5, 0.6) is 5.75 Å². The van der Waals surface area contributed by atoms with Crippen molar-refractivity contribution in [2.24, 2.45) is 0 Å². The van der Waals surface area contributed by atoms with Gasteiger partial charge in [-0.05, 0) is 43.3 Å². The predicted octanol–water partition coefficient (Wildman–Crippen LogP) is 6.79. The van der Waals surface area contributed by atoms with Crippen molar-refractivity contribution >= 4 is 17.4 Å². The quantitative estimate of drug-likeness (QED) is 0.494. The van der Waals surface area contributed by atoms with Crippen LogP contribution in [-0.4, -0.2) is 12.6 Å². The zero-order valence-electron chi connectivity index (χ0n) is 15.4. The molecule has 2 amide bonds. The molecule has 13 heteroatoms. The van der Waals surface area contributed by atoms with Crippen LogP contribution in [0.25, 0.3) is 0 Å². The lowest BCUT2D eigenvalue weighted by Crippen LogP contribution is -2.21. The molecular weight excluding hydrogens is 447 g/mol. The minimum Gasteiger partial charge on any atom is -0.493 e. The minimum absolute atomic E-state index is 0.0760. The number of carbonyl (C=O) groups is 1. The molecule has 0 radical (unpaired) electrons. The van der Waals surface area contributed by atoms with Crippen molar-refractivity contribution in [2.45, 2.75) is 25.5 Å². The smallest absolute Gasteiger partial charge is 0.420 e. The molecule has 0 aromatic heterocycles. The second-order valence-corrected chi connectivity index (χ2v) is 6.02. The highest BCUT2D eigenvalue weighted by Gasteiger charge is 2.37. The van der Waals surface area contributed by atoms with Crippen LogP contribution < -0.4 is 15.4 Å². The molecule has 0 saturated carbocycles. The molecule has 2 N–H and O–H groups in total. The number of halogens is 9. The Morgan fingerprint density at radius 3 is 1.74 bits per heavy atom. The van der Waals surface area contributed by atoms with Crippen LogP contribution in [-0.2, 0) is 18.5 Å². The Morgan fingerprint density at radius 1 is 0.774 bits per heavy atom. The molecule has 0 atom stereocenters. The fourth-order valence-corrected chi connectivity index (χ4v) is 2.43. The molecule has 0 aliphatic carbocycles. The van der Waals surface area contributed by atoms with Gasteiger partial charge in [0.05, 0.1) is 23.3 Å². The molecule has 0 aliphatic rings. The Balaban J connectivity index is 2.30. The SMILES string of the molecule is CCOc1ccc(NC(=O)Nc2cc(C(F)(F)F)cc(C(F)(F)F)c2)cc1C(F)(F)F. The molecule has 2 aromatic rings. The van der Waals surface area contributed by atoms with Crippen molar-refractivity contribution in [2.75, 3.05) is 17.2 Å². The van der Waals surface area contributed by atoms with Gasteiger partial charge in [0.2, 0.25) is 0 Å². The lowest BCUT2D eigenvalue weighted by atomic mass is 10.1. The van der Waals surface area contributed by atoms with E-state index in [4.69, 9.17) is 4.74 Å². The highest BCUT2D eigenvalue weighted by atomic mass is 19.4. The maximum Gasteiger partial charge on any atom is 0.420 e. The van der Waals surface area contributed by atoms with E-state index in [1.807, 2.05) is 5.32 Å². The van der Waals surface area contributed by atoms with E-state index in [0.717, 1.165) is 12.1 Å². The average molecular weight is 460 g/mol. The fraction of sp³-hybridized carbons (Fsp3) is 0.278. The fourth-order valence-electron chi connectivity index (χ4n) is 2.43. The van der Waals surface area contributed by atoms with Crippen molar-refractivity contribution in [1.82, 2.24) is 0 Å². The number of hydrogen-bond donors (Lipinski definition) is 2. The first-order valence-corrected chi connectivity index (χ1v) is 8.32. The maximum atomic E-state index is 13.1. The lowest BCUT2D eigenvalue weighted by Gasteiger charge is -2.16. The van der Waals surface area contributed by atoms with E-state index in [0.29, 0.717) is 6.07 Å². The molecule has 0 heterocycles. The van der Waals surface area contributed by atoms with Crippen LogP contribution in [0.3, 0.4) is 0 Å². The number of anilines is 2. The van der Waals surface area contributed by atoms with Gasteiger partial charge in [-0.25, -0.2) is 4.79 Å². The number of hydrogen-bond acceptors (Lipinski definition) is 2. The van der Waals surface area contributed by atoms with E-state index in [-0.39, 0.29) is 24.8 Å². The third-order valence-corrected chi connectivity index (χ3v) is 3.69. The Bertz CT molecular complexity index is 918. The summed E-state index contributed by atoms with van der Waals surface area (Å²) >= 11 is 0. The first-order chi connectivity index (χ1) is 14.1. The summed E-state index contributed by atoms with van der Waals surface area (Å²) in [7, 11) is 0. The molecule has 2 aromatic carbocycles. The monoisotopic (exact) mass is 460 g/mol. The third kappa shape index (κ3) is 6.43. The average Bonchev–Trinajstić information content (AvgIpc) is 2.60. The van der Waals surface area contributed by atoms with Crippen molar-refractivity contribution in [3.63, 3.8) is 0 Å². The Morgan fingerprint density at radius 2 is 1.29 bits per heavy atom. The van der Waals surface area contributed by atoms with Gasteiger partial charge in [0.25, 0.3) is 0 Å². The van der Waals surface area contributed by atoms with Crippen molar-refractivity contribution in [1.29, 1.82) is 0 Å². The van der Waals surface area contributed by atoms with E-state index in [2.05, 4.69) is 0 Å². The summed E-state index contributed by atoms with van der Waals surface area (Å²) in [4.78, 5) is 12.0. The standard InChI is InChI=1S/C18H13F9N2O2/c1-2-31-14-4-3-11(8-13(14)18(25,26)27)28-15(30)29-12-6-9(16(19,20)21)5-10(7-12)17(22,23)24/h3-8H,2H2,1H3,(H2,28,29,30). The number of urea groups is 1. The Hall–Kier alpha value is -3.12. The van der Waals surface area contributed by atoms with Gasteiger partial charge in [0.1, 0.15) is 5.75 Å². The van der Waals surface area contributed by atoms with Crippen molar-refractivity contribution < 1.29 is 49.0 Å². The van der Waals surface area contributed by atoms with Crippen LogP contribution in [0.2, 0.25) is 0 Å². The second-order valence-electron chi connectivity index (χ2n) is 6.02. The van der Waals surface area contributed by atoms with Crippen molar-refractivity contribution in [3.05, 3.63) is 53.1 Å². The molecular formula is C18H13F9N2O2. The number of nitrogens with one attached hydrogen (secondary N) is 2. The first-order valence-electron chi connectivity index (χ1n) is 8.32. The van der Waals surface area contributed by atoms with Crippen LogP contribution >= 0.6 is 0 Å². The summed E-state index contributed by atoms with van der Waals surface area (Å²) < 4.78 is 121. The first kappa shape index (κ1) is 24.2. The van der Waals surface area contributed by atoms with Crippen LogP contribution in [0.15, 0.2) is 36.4 Å². The molecule has 0 bridgehead atoms. The van der Waals surface area contributed by atoms with Gasteiger partial charge in [-0.1, -0.05) is 0 Å². The lowest BCUT2D eigenvalue weighted by molar-refractivity contribution is -0.143. The van der Waals surface area contributed by atoms with Crippen LogP contribution in [0, 0.1) is 0 Å². The van der Waals surface area contributed by atoms with Gasteiger partial charge in [-0.2, -0.15) is 39.5 Å². The van der Waals surface area contributed by atoms with Gasteiger partial charge < -0.3 is 15.4 Å². The molecule has 31 heavy (non-hydrogen) atoms. The summed E-state index contributed by atoms with van der Waals surface area (Å²) in [5.74, 6) is -0.520. The summed E-state index contributed by atoms with van der Waals surface area (Å²) in [6.45, 7) is 1.37. The van der Waals surface area contributed by atoms with E-state index in [1.165, 1.54) is 6.92 Å². The maximum absolute atomic E-state index is 13.1. The highest BCUT2D eigenvalue weighted by Crippen LogP contribution is 2.39. The van der Waals surface area contributed by atoms with Gasteiger partial charge in [0.15, 0.2) is 0 Å². The zero-order valence-corrected chi connectivity index (χ0v) is 15.4. The molecule has 0 saturated heterocycles. The zero-order chi connectivity index (χ0) is 23.6. The molecule has 170 valence electrons. The van der Waals surface area contributed by atoms with E-state index >= 15 is 0 Å². The number of ether oxygens (including phenoxy) is 1. The van der Waals surface area contributed by atoms with E-state index < -0.39 is 58.4 Å². The minimum atomic E-state index is -5.13. The van der Waals surface area contributed by atoms with Gasteiger partial charge >= 0.3 is 24.6 Å². The molecule has 0 unspecified atom stereocenters. The van der Waals surface area contributed by atoms with Crippen LogP contribution in [0.4, 0.5) is 55.7 Å². The molecule has 0 aliphatic heterocycles. The third-order valence-electron chi connectivity index (χ3n) is 3.69. The van der Waals surface area contributed by atoms with Crippen LogP contribution in [0.1, 0.15) is 23.6 Å². The summed E-state index contributed by atoms with van der Waals surface area (Å²) in [5.41, 5.74) is -5.85. The summed E-state index contributed by atoms with van der Waals surface area (Å²) in [6, 6.07) is 1.47. The van der Waals surface area contributed by atoms with Gasteiger partial charge in [-0.15, -0.1) is 0 Å². The Labute approximate surface area is 169 Å². The van der Waals surface area contributed by atoms with Gasteiger partial charge in [-0.3, -0.25) is 0 Å². The van der Waals surface area contributed by atoms with Gasteiger partial charge in [0, 0.05) is 11.4 Å². The van der Waals surface area contributed by atoms with E-state index in [9.17, 15) is 44.3 Å². The topological polar surface area (TPSA) is 50.4 Å². The summed E-state index contributed by atoms with van der Waals surface area (Å²) in [5, 5.41) is 3.67. The number of amides is 2. The number of rotatable bonds is 4. The largest absolute Gasteiger partial charge is 0.493 e. The summed E-state index contributed by atoms with van der Waals surface area (Å²) in [6.07, 6.45) is -15.1. The molecule has 2 rings (SSSR count). The number of alkyl halides is 9. The second kappa shape index (κ2) is 8.55. The molecule has 0 spiro atoms. The predicted molar refractivity (Wildman–Crippen MR) is 91.7 cm³/mol. The highest BCUT2D eigenvalue weighted by molar-refractivity contribution is 6.00. The van der Waals surface area contributed by atoms with E-state index in [1.54, 1.807) is 5.32 Å². The normalized spacial score (nSPS) is 12.5. The van der Waals surface area contributed by atoms with Crippen molar-refractivity contribution in [3.8, 4) is 5.75 Å². The molecule has 0 fully saturated rings. The Kier molecular flexibility index (Phi) is 6.66. The number of benzene rings is 2. The number of carbonyl (C=O) groups excluding carboxylic acids is 1.